The van der Waals surface area contributed by atoms with Crippen molar-refractivity contribution in [2.75, 3.05) is 5.73 Å². The number of esters is 1. The van der Waals surface area contributed by atoms with E-state index in [1.165, 1.54) is 18.3 Å². The predicted octanol–water partition coefficient (Wildman–Crippen LogP) is 1.91. The molecule has 1 aromatic rings. The van der Waals surface area contributed by atoms with E-state index in [1.807, 2.05) is 0 Å². The molecule has 3 nitrogen and oxygen atoms in total. The van der Waals surface area contributed by atoms with Crippen LogP contribution >= 0.6 is 22.9 Å². The first kappa shape index (κ1) is 8.36. The fourth-order valence-electron chi connectivity index (χ4n) is 0.539. The van der Waals surface area contributed by atoms with Gasteiger partial charge in [0.15, 0.2) is 0 Å². The number of anilines is 1. The van der Waals surface area contributed by atoms with Gasteiger partial charge in [-0.2, -0.15) is 0 Å². The molecule has 0 bridgehead atoms. The summed E-state index contributed by atoms with van der Waals surface area (Å²) in [5, 5.41) is 2.41. The minimum Gasteiger partial charge on any atom is -0.413 e. The van der Waals surface area contributed by atoms with Crippen LogP contribution in [0.25, 0.3) is 0 Å². The first-order valence-electron chi connectivity index (χ1n) is 2.82. The van der Waals surface area contributed by atoms with Crippen LogP contribution in [0.5, 0.6) is 5.06 Å². The molecule has 0 radical (unpaired) electrons. The number of ether oxygens (including phenoxy) is 1. The number of carbonyl (C=O) groups excluding carboxylic acids is 1. The topological polar surface area (TPSA) is 52.3 Å². The molecule has 0 aromatic carbocycles. The molecular weight excluding hydrogens is 186 g/mol. The molecule has 0 aliphatic rings. The Hall–Kier alpha value is -0.740. The van der Waals surface area contributed by atoms with E-state index in [1.54, 1.807) is 5.38 Å². The lowest BCUT2D eigenvalue weighted by molar-refractivity contribution is -0.131. The summed E-state index contributed by atoms with van der Waals surface area (Å²) in [7, 11) is 0. The largest absolute Gasteiger partial charge is 0.413 e. The summed E-state index contributed by atoms with van der Waals surface area (Å²) in [4.78, 5) is 10.5. The van der Waals surface area contributed by atoms with E-state index in [-0.39, 0.29) is 0 Å². The predicted molar refractivity (Wildman–Crippen MR) is 45.1 cm³/mol. The van der Waals surface area contributed by atoms with Gasteiger partial charge in [-0.1, -0.05) is 11.6 Å². The van der Waals surface area contributed by atoms with Crippen LogP contribution in [0.15, 0.2) is 5.38 Å². The van der Waals surface area contributed by atoms with E-state index >= 15 is 0 Å². The van der Waals surface area contributed by atoms with Crippen molar-refractivity contribution in [3.8, 4) is 5.06 Å². The Labute approximate surface area is 72.7 Å². The molecule has 0 fully saturated rings. The van der Waals surface area contributed by atoms with Crippen molar-refractivity contribution in [2.45, 2.75) is 6.92 Å². The standard InChI is InChI=1S/C6H6ClNO2S/c1-3(9)10-6-5(8)4(7)2-11-6/h2H,8H2,1H3. The first-order valence-corrected chi connectivity index (χ1v) is 4.08. The van der Waals surface area contributed by atoms with E-state index in [9.17, 15) is 4.79 Å². The summed E-state index contributed by atoms with van der Waals surface area (Å²) in [6.45, 7) is 1.31. The third-order valence-corrected chi connectivity index (χ3v) is 2.30. The summed E-state index contributed by atoms with van der Waals surface area (Å²) in [6, 6.07) is 0. The molecule has 0 saturated carbocycles. The van der Waals surface area contributed by atoms with Crippen LogP contribution in [-0.2, 0) is 4.79 Å². The lowest BCUT2D eigenvalue weighted by atomic mass is 10.5. The second-order valence-corrected chi connectivity index (χ2v) is 3.13. The molecule has 0 saturated heterocycles. The monoisotopic (exact) mass is 191 g/mol. The van der Waals surface area contributed by atoms with E-state index in [2.05, 4.69) is 0 Å². The molecule has 0 aliphatic carbocycles. The van der Waals surface area contributed by atoms with Crippen molar-refractivity contribution in [3.63, 3.8) is 0 Å². The number of carbonyl (C=O) groups is 1. The average molecular weight is 192 g/mol. The van der Waals surface area contributed by atoms with Gasteiger partial charge in [0.2, 0.25) is 5.06 Å². The molecule has 0 unspecified atom stereocenters. The Kier molecular flexibility index (Phi) is 2.36. The van der Waals surface area contributed by atoms with Crippen LogP contribution in [0.4, 0.5) is 5.69 Å². The van der Waals surface area contributed by atoms with E-state index in [4.69, 9.17) is 22.1 Å². The highest BCUT2D eigenvalue weighted by atomic mass is 35.5. The van der Waals surface area contributed by atoms with Crippen LogP contribution in [0, 0.1) is 0 Å². The highest BCUT2D eigenvalue weighted by Crippen LogP contribution is 2.36. The second-order valence-electron chi connectivity index (χ2n) is 1.88. The fourth-order valence-corrected chi connectivity index (χ4v) is 1.55. The first-order chi connectivity index (χ1) is 5.11. The maximum Gasteiger partial charge on any atom is 0.308 e. The van der Waals surface area contributed by atoms with Crippen LogP contribution < -0.4 is 10.5 Å². The number of hydrogen-bond donors (Lipinski definition) is 1. The zero-order valence-electron chi connectivity index (χ0n) is 5.76. The maximum absolute atomic E-state index is 10.5. The fraction of sp³-hybridized carbons (Fsp3) is 0.167. The lowest BCUT2D eigenvalue weighted by Crippen LogP contribution is -2.01. The van der Waals surface area contributed by atoms with Crippen molar-refractivity contribution in [2.24, 2.45) is 0 Å². The second kappa shape index (κ2) is 3.11. The Morgan fingerprint density at radius 3 is 2.82 bits per heavy atom. The summed E-state index contributed by atoms with van der Waals surface area (Å²) in [6.07, 6.45) is 0. The van der Waals surface area contributed by atoms with Gasteiger partial charge in [-0.3, -0.25) is 4.79 Å². The molecule has 11 heavy (non-hydrogen) atoms. The van der Waals surface area contributed by atoms with Crippen molar-refractivity contribution in [1.82, 2.24) is 0 Å². The van der Waals surface area contributed by atoms with Gasteiger partial charge in [-0.05, 0) is 0 Å². The number of hydrogen-bond acceptors (Lipinski definition) is 4. The molecule has 0 atom stereocenters. The van der Waals surface area contributed by atoms with Gasteiger partial charge in [-0.15, -0.1) is 11.3 Å². The number of halogens is 1. The zero-order chi connectivity index (χ0) is 8.43. The smallest absolute Gasteiger partial charge is 0.308 e. The molecule has 60 valence electrons. The summed E-state index contributed by atoms with van der Waals surface area (Å²) >= 11 is 6.81. The summed E-state index contributed by atoms with van der Waals surface area (Å²) in [5.41, 5.74) is 5.78. The van der Waals surface area contributed by atoms with Gasteiger partial charge in [0, 0.05) is 12.3 Å². The van der Waals surface area contributed by atoms with Crippen LogP contribution in [0.1, 0.15) is 6.92 Å². The molecule has 0 aliphatic heterocycles. The van der Waals surface area contributed by atoms with Crippen LogP contribution in [-0.4, -0.2) is 5.97 Å². The maximum atomic E-state index is 10.5. The van der Waals surface area contributed by atoms with Gasteiger partial charge < -0.3 is 10.5 Å². The van der Waals surface area contributed by atoms with Crippen LogP contribution in [0.2, 0.25) is 5.02 Å². The zero-order valence-corrected chi connectivity index (χ0v) is 7.33. The Bertz CT molecular complexity index is 284. The SMILES string of the molecule is CC(=O)Oc1scc(Cl)c1N. The van der Waals surface area contributed by atoms with E-state index < -0.39 is 5.97 Å². The molecule has 5 heteroatoms. The van der Waals surface area contributed by atoms with Gasteiger partial charge >= 0.3 is 5.97 Å². The molecule has 0 spiro atoms. The lowest BCUT2D eigenvalue weighted by Gasteiger charge is -1.96. The Morgan fingerprint density at radius 2 is 2.45 bits per heavy atom. The molecule has 1 rings (SSSR count). The van der Waals surface area contributed by atoms with Crippen molar-refractivity contribution in [3.05, 3.63) is 10.4 Å². The van der Waals surface area contributed by atoms with Crippen molar-refractivity contribution in [1.29, 1.82) is 0 Å². The minimum atomic E-state index is -0.393. The third-order valence-electron chi connectivity index (χ3n) is 0.983. The quantitative estimate of drug-likeness (QED) is 0.690. The minimum absolute atomic E-state index is 0.326. The Morgan fingerprint density at radius 1 is 1.82 bits per heavy atom. The molecule has 0 amide bonds. The summed E-state index contributed by atoms with van der Waals surface area (Å²) < 4.78 is 4.74. The highest BCUT2D eigenvalue weighted by molar-refractivity contribution is 7.13. The highest BCUT2D eigenvalue weighted by Gasteiger charge is 2.08. The number of thiophene rings is 1. The third kappa shape index (κ3) is 1.85. The average Bonchev–Trinajstić information content (AvgIpc) is 2.18. The van der Waals surface area contributed by atoms with E-state index in [0.717, 1.165) is 0 Å². The molecule has 1 heterocycles. The van der Waals surface area contributed by atoms with Crippen LogP contribution in [0.3, 0.4) is 0 Å². The van der Waals surface area contributed by atoms with Gasteiger partial charge in [0.1, 0.15) is 5.69 Å². The van der Waals surface area contributed by atoms with Gasteiger partial charge in [0.05, 0.1) is 5.02 Å². The van der Waals surface area contributed by atoms with Gasteiger partial charge in [-0.25, -0.2) is 0 Å². The molecular formula is C6H6ClNO2S. The van der Waals surface area contributed by atoms with E-state index in [0.29, 0.717) is 15.8 Å². The summed E-state index contributed by atoms with van der Waals surface area (Å²) in [5.74, 6) is -0.393. The number of nitrogen functional groups attached to an aromatic ring is 1. The number of rotatable bonds is 1. The molecule has 2 N–H and O–H groups in total. The van der Waals surface area contributed by atoms with Gasteiger partial charge in [0.25, 0.3) is 0 Å². The normalized spacial score (nSPS) is 9.64. The van der Waals surface area contributed by atoms with Crippen molar-refractivity contribution >= 4 is 34.6 Å². The number of nitrogens with two attached hydrogens (primary N) is 1. The molecule has 1 aromatic heterocycles. The van der Waals surface area contributed by atoms with Crippen molar-refractivity contribution < 1.29 is 9.53 Å². The Balaban J connectivity index is 2.87.